The van der Waals surface area contributed by atoms with Crippen LogP contribution in [0.4, 0.5) is 5.69 Å². The number of carbonyl (C=O) groups is 1. The molecule has 0 saturated carbocycles. The first kappa shape index (κ1) is 15.3. The van der Waals surface area contributed by atoms with Crippen molar-refractivity contribution in [1.82, 2.24) is 10.2 Å². The highest BCUT2D eigenvalue weighted by Crippen LogP contribution is 2.21. The van der Waals surface area contributed by atoms with Gasteiger partial charge >= 0.3 is 0 Å². The zero-order valence-corrected chi connectivity index (χ0v) is 13.8. The number of rotatable bonds is 4. The van der Waals surface area contributed by atoms with E-state index in [2.05, 4.69) is 20.9 Å². The molecule has 4 rings (SSSR count). The number of fused-ring (bicyclic) bond motifs is 1. The number of nitrogens with one attached hydrogen (secondary N) is 2. The van der Waals surface area contributed by atoms with E-state index in [0.717, 1.165) is 16.6 Å². The number of aromatic amines is 1. The lowest BCUT2D eigenvalue weighted by atomic mass is 10.1. The summed E-state index contributed by atoms with van der Waals surface area (Å²) in [6.07, 6.45) is 2.07. The summed E-state index contributed by atoms with van der Waals surface area (Å²) in [6, 6.07) is 10.4. The number of amides is 1. The lowest BCUT2D eigenvalue weighted by molar-refractivity contribution is 0.0996. The van der Waals surface area contributed by atoms with E-state index in [1.165, 1.54) is 6.26 Å². The maximum atomic E-state index is 12.2. The Morgan fingerprint density at radius 1 is 1.24 bits per heavy atom. The predicted molar refractivity (Wildman–Crippen MR) is 96.1 cm³/mol. The average molecular weight is 351 g/mol. The molecule has 3 aromatic heterocycles. The van der Waals surface area contributed by atoms with Crippen molar-refractivity contribution >= 4 is 33.7 Å². The highest BCUT2D eigenvalue weighted by Gasteiger charge is 2.12. The van der Waals surface area contributed by atoms with E-state index < -0.39 is 0 Å². The molecule has 1 amide bonds. The van der Waals surface area contributed by atoms with Crippen LogP contribution < -0.4 is 10.9 Å². The number of furan rings is 1. The Morgan fingerprint density at radius 2 is 2.16 bits per heavy atom. The molecule has 6 nitrogen and oxygen atoms in total. The van der Waals surface area contributed by atoms with Gasteiger partial charge in [0, 0.05) is 17.5 Å². The van der Waals surface area contributed by atoms with Gasteiger partial charge in [0.2, 0.25) is 0 Å². The minimum atomic E-state index is -0.367. The van der Waals surface area contributed by atoms with Gasteiger partial charge in [-0.15, -0.1) is 0 Å². The van der Waals surface area contributed by atoms with E-state index in [1.807, 2.05) is 11.4 Å². The molecule has 0 spiro atoms. The molecule has 0 aliphatic rings. The van der Waals surface area contributed by atoms with Crippen LogP contribution in [0.25, 0.3) is 10.8 Å². The minimum absolute atomic E-state index is 0.210. The summed E-state index contributed by atoms with van der Waals surface area (Å²) in [7, 11) is 0. The van der Waals surface area contributed by atoms with Crippen LogP contribution in [0.15, 0.2) is 62.6 Å². The van der Waals surface area contributed by atoms with Crippen molar-refractivity contribution in [3.8, 4) is 0 Å². The Balaban J connectivity index is 1.69. The quantitative estimate of drug-likeness (QED) is 0.590. The normalized spacial score (nSPS) is 10.9. The van der Waals surface area contributed by atoms with Crippen molar-refractivity contribution in [3.05, 3.63) is 80.8 Å². The van der Waals surface area contributed by atoms with Crippen LogP contribution in [0, 0.1) is 0 Å². The summed E-state index contributed by atoms with van der Waals surface area (Å²) < 4.78 is 5.07. The van der Waals surface area contributed by atoms with Crippen molar-refractivity contribution in [2.75, 3.05) is 5.32 Å². The fraction of sp³-hybridized carbons (Fsp3) is 0.0556. The second-order valence-corrected chi connectivity index (χ2v) is 6.28. The molecule has 7 heteroatoms. The smallest absolute Gasteiger partial charge is 0.291 e. The second kappa shape index (κ2) is 6.37. The van der Waals surface area contributed by atoms with Crippen LogP contribution >= 0.6 is 11.3 Å². The summed E-state index contributed by atoms with van der Waals surface area (Å²) in [6.45, 7) is 0. The third-order valence-electron chi connectivity index (χ3n) is 3.82. The van der Waals surface area contributed by atoms with Gasteiger partial charge in [-0.25, -0.2) is 5.10 Å². The maximum absolute atomic E-state index is 12.2. The Labute approximate surface area is 146 Å². The zero-order chi connectivity index (χ0) is 17.2. The number of thiophene rings is 1. The summed E-state index contributed by atoms with van der Waals surface area (Å²) in [5.74, 6) is -0.157. The first-order valence-electron chi connectivity index (χ1n) is 7.58. The number of hydrogen-bond donors (Lipinski definition) is 2. The summed E-state index contributed by atoms with van der Waals surface area (Å²) in [5.41, 5.74) is 2.16. The number of aromatic nitrogens is 2. The number of nitrogens with zero attached hydrogens (tertiary/aromatic N) is 1. The van der Waals surface area contributed by atoms with Gasteiger partial charge in [0.1, 0.15) is 0 Å². The highest BCUT2D eigenvalue weighted by molar-refractivity contribution is 7.07. The topological polar surface area (TPSA) is 88.0 Å². The predicted octanol–water partition coefficient (Wildman–Crippen LogP) is 3.42. The van der Waals surface area contributed by atoms with E-state index in [4.69, 9.17) is 4.42 Å². The molecule has 4 aromatic rings. The molecule has 25 heavy (non-hydrogen) atoms. The van der Waals surface area contributed by atoms with Crippen molar-refractivity contribution in [2.24, 2.45) is 0 Å². The lowest BCUT2D eigenvalue weighted by Gasteiger charge is -2.07. The van der Waals surface area contributed by atoms with Crippen molar-refractivity contribution in [2.45, 2.75) is 6.42 Å². The standard InChI is InChI=1S/C18H13N3O3S/c22-17-14-9-12(19-18(23)16-2-1-6-24-16)3-4-13(14)15(20-21-17)8-11-5-7-25-10-11/h1-7,9-10H,8H2,(H,19,23)(H,21,22). The summed E-state index contributed by atoms with van der Waals surface area (Å²) in [4.78, 5) is 24.2. The zero-order valence-electron chi connectivity index (χ0n) is 13.0. The molecule has 0 fully saturated rings. The molecule has 0 radical (unpaired) electrons. The molecule has 124 valence electrons. The largest absolute Gasteiger partial charge is 0.459 e. The van der Waals surface area contributed by atoms with Crippen LogP contribution in [0.2, 0.25) is 0 Å². The number of anilines is 1. The molecule has 0 aliphatic carbocycles. The molecule has 0 bridgehead atoms. The van der Waals surface area contributed by atoms with Crippen LogP contribution in [0.5, 0.6) is 0 Å². The van der Waals surface area contributed by atoms with Crippen LogP contribution in [-0.2, 0) is 6.42 Å². The maximum Gasteiger partial charge on any atom is 0.291 e. The Hall–Kier alpha value is -3.19. The third kappa shape index (κ3) is 3.09. The minimum Gasteiger partial charge on any atom is -0.459 e. The molecule has 1 aromatic carbocycles. The number of H-pyrrole nitrogens is 1. The van der Waals surface area contributed by atoms with E-state index in [1.54, 1.807) is 41.7 Å². The number of benzene rings is 1. The lowest BCUT2D eigenvalue weighted by Crippen LogP contribution is -2.14. The molecular weight excluding hydrogens is 338 g/mol. The van der Waals surface area contributed by atoms with Gasteiger partial charge in [-0.3, -0.25) is 9.59 Å². The molecule has 2 N–H and O–H groups in total. The number of hydrogen-bond acceptors (Lipinski definition) is 5. The highest BCUT2D eigenvalue weighted by atomic mass is 32.1. The van der Waals surface area contributed by atoms with E-state index in [-0.39, 0.29) is 17.2 Å². The van der Waals surface area contributed by atoms with Crippen molar-refractivity contribution in [1.29, 1.82) is 0 Å². The van der Waals surface area contributed by atoms with Gasteiger partial charge in [-0.05, 0) is 46.7 Å². The molecule has 0 unspecified atom stereocenters. The SMILES string of the molecule is O=C(Nc1ccc2c(Cc3ccsc3)n[nH]c(=O)c2c1)c1ccco1. The first-order chi connectivity index (χ1) is 12.2. The van der Waals surface area contributed by atoms with Gasteiger partial charge in [-0.2, -0.15) is 16.4 Å². The fourth-order valence-corrected chi connectivity index (χ4v) is 3.29. The Kier molecular flexibility index (Phi) is 3.91. The van der Waals surface area contributed by atoms with Gasteiger partial charge in [-0.1, -0.05) is 6.07 Å². The summed E-state index contributed by atoms with van der Waals surface area (Å²) >= 11 is 1.62. The Bertz CT molecular complexity index is 1080. The first-order valence-corrected chi connectivity index (χ1v) is 8.52. The second-order valence-electron chi connectivity index (χ2n) is 5.50. The average Bonchev–Trinajstić information content (AvgIpc) is 3.31. The van der Waals surface area contributed by atoms with E-state index in [9.17, 15) is 9.59 Å². The van der Waals surface area contributed by atoms with Crippen molar-refractivity contribution < 1.29 is 9.21 Å². The molecule has 3 heterocycles. The monoisotopic (exact) mass is 351 g/mol. The van der Waals surface area contributed by atoms with Gasteiger partial charge in [0.15, 0.2) is 5.76 Å². The van der Waals surface area contributed by atoms with E-state index >= 15 is 0 Å². The third-order valence-corrected chi connectivity index (χ3v) is 4.55. The van der Waals surface area contributed by atoms with Gasteiger partial charge in [0.05, 0.1) is 17.3 Å². The molecule has 0 aliphatic heterocycles. The van der Waals surface area contributed by atoms with Crippen molar-refractivity contribution in [3.63, 3.8) is 0 Å². The van der Waals surface area contributed by atoms with E-state index in [0.29, 0.717) is 17.5 Å². The fourth-order valence-electron chi connectivity index (χ4n) is 2.62. The molecule has 0 saturated heterocycles. The van der Waals surface area contributed by atoms with Gasteiger partial charge < -0.3 is 9.73 Å². The molecule has 0 atom stereocenters. The van der Waals surface area contributed by atoms with Crippen LogP contribution in [0.1, 0.15) is 21.8 Å². The van der Waals surface area contributed by atoms with Crippen LogP contribution in [-0.4, -0.2) is 16.1 Å². The Morgan fingerprint density at radius 3 is 2.92 bits per heavy atom. The summed E-state index contributed by atoms with van der Waals surface area (Å²) in [5, 5.41) is 14.7. The number of carbonyl (C=O) groups excluding carboxylic acids is 1. The molecular formula is C18H13N3O3S. The van der Waals surface area contributed by atoms with Gasteiger partial charge in [0.25, 0.3) is 11.5 Å². The van der Waals surface area contributed by atoms with Crippen LogP contribution in [0.3, 0.4) is 0 Å².